The fraction of sp³-hybridized carbons (Fsp3) is 0.667. The number of carbonyl (C=O) groups excluding carboxylic acids is 1. The molecular formula is C3H7NOZr. The third-order valence-corrected chi connectivity index (χ3v) is 2.00. The molecule has 2 nitrogen and oxygen atoms in total. The molecule has 3 heteroatoms. The van der Waals surface area contributed by atoms with Crippen molar-refractivity contribution < 1.29 is 28.3 Å². The van der Waals surface area contributed by atoms with Crippen LogP contribution >= 0.6 is 0 Å². The second kappa shape index (κ2) is 5.35. The van der Waals surface area contributed by atoms with E-state index >= 15 is 0 Å². The quantitative estimate of drug-likeness (QED) is 0.467. The molecule has 0 aromatic rings. The molecule has 0 saturated carbocycles. The van der Waals surface area contributed by atoms with E-state index in [1.165, 1.54) is 4.13 Å². The molecule has 34 valence electrons. The Hall–Kier alpha value is 0.353. The Morgan fingerprint density at radius 3 is 2.83 bits per heavy atom. The average Bonchev–Trinajstić information content (AvgIpc) is 1.61. The van der Waals surface area contributed by atoms with Crippen LogP contribution in [0.2, 0.25) is 4.13 Å². The Bertz CT molecular complexity index is 39.8. The van der Waals surface area contributed by atoms with Crippen LogP contribution in [0, 0.1) is 0 Å². The molecular weight excluding hydrogens is 157 g/mol. The van der Waals surface area contributed by atoms with Crippen LogP contribution in [0.1, 0.15) is 6.92 Å². The van der Waals surface area contributed by atoms with Gasteiger partial charge in [0.15, 0.2) is 0 Å². The van der Waals surface area contributed by atoms with E-state index in [1.54, 1.807) is 0 Å². The van der Waals surface area contributed by atoms with Gasteiger partial charge >= 0.3 is 49.0 Å². The second-order valence-electron chi connectivity index (χ2n) is 0.793. The van der Waals surface area contributed by atoms with Crippen LogP contribution in [0.5, 0.6) is 0 Å². The molecule has 0 fully saturated rings. The van der Waals surface area contributed by atoms with Crippen LogP contribution in [0.15, 0.2) is 0 Å². The van der Waals surface area contributed by atoms with Crippen LogP contribution < -0.4 is 3.26 Å². The van der Waals surface area contributed by atoms with Gasteiger partial charge in [0.1, 0.15) is 0 Å². The van der Waals surface area contributed by atoms with Crippen LogP contribution in [0.4, 0.5) is 0 Å². The van der Waals surface area contributed by atoms with E-state index in [1.807, 2.05) is 0 Å². The monoisotopic (exact) mass is 163 g/mol. The molecule has 0 aromatic heterocycles. The van der Waals surface area contributed by atoms with Gasteiger partial charge in [-0.25, -0.2) is 0 Å². The number of hydrogen-bond donors (Lipinski definition) is 1. The fourth-order valence-corrected chi connectivity index (χ4v) is 0.850. The third-order valence-electron chi connectivity index (χ3n) is 0.338. The molecule has 0 spiro atoms. The van der Waals surface area contributed by atoms with Crippen molar-refractivity contribution in [3.8, 4) is 0 Å². The van der Waals surface area contributed by atoms with Crippen molar-refractivity contribution in [3.63, 3.8) is 0 Å². The summed E-state index contributed by atoms with van der Waals surface area (Å²) >= 11 is -0.418. The fourth-order valence-electron chi connectivity index (χ4n) is 0.144. The Kier molecular flexibility index (Phi) is 5.67. The van der Waals surface area contributed by atoms with E-state index in [4.69, 9.17) is 0 Å². The van der Waals surface area contributed by atoms with Gasteiger partial charge < -0.3 is 0 Å². The Balaban J connectivity index is 2.49. The molecule has 0 aliphatic heterocycles. The predicted octanol–water partition coefficient (Wildman–Crippen LogP) is 0.168. The first-order valence-electron chi connectivity index (χ1n) is 1.84. The minimum absolute atomic E-state index is 0.418. The number of nitrogens with one attached hydrogen (secondary N) is 1. The van der Waals surface area contributed by atoms with Crippen LogP contribution in [0.25, 0.3) is 0 Å². The first-order chi connectivity index (χ1) is 2.91. The number of hydrogen-bond acceptors (Lipinski definition) is 1. The van der Waals surface area contributed by atoms with E-state index in [0.717, 1.165) is 6.41 Å². The third kappa shape index (κ3) is 4.35. The molecule has 0 radical (unpaired) electrons. The van der Waals surface area contributed by atoms with Gasteiger partial charge in [0.2, 0.25) is 0 Å². The molecule has 0 unspecified atom stereocenters. The predicted molar refractivity (Wildman–Crippen MR) is 19.7 cm³/mol. The molecule has 0 aliphatic carbocycles. The first kappa shape index (κ1) is 6.35. The van der Waals surface area contributed by atoms with Crippen molar-refractivity contribution in [2.75, 3.05) is 0 Å². The minimum atomic E-state index is -0.418. The van der Waals surface area contributed by atoms with Gasteiger partial charge in [-0.3, -0.25) is 0 Å². The van der Waals surface area contributed by atoms with Crippen molar-refractivity contribution in [2.45, 2.75) is 11.1 Å². The molecule has 0 bridgehead atoms. The van der Waals surface area contributed by atoms with Gasteiger partial charge in [-0.1, -0.05) is 0 Å². The summed E-state index contributed by atoms with van der Waals surface area (Å²) in [5.41, 5.74) is 0. The molecule has 0 atom stereocenters. The maximum atomic E-state index is 9.50. The van der Waals surface area contributed by atoms with Crippen molar-refractivity contribution in [3.05, 3.63) is 0 Å². The van der Waals surface area contributed by atoms with Gasteiger partial charge in [-0.2, -0.15) is 0 Å². The molecule has 0 heterocycles. The molecule has 0 aromatic carbocycles. The summed E-state index contributed by atoms with van der Waals surface area (Å²) < 4.78 is 3.87. The average molecular weight is 164 g/mol. The Morgan fingerprint density at radius 2 is 2.67 bits per heavy atom. The van der Waals surface area contributed by atoms with Gasteiger partial charge in [-0.05, 0) is 0 Å². The van der Waals surface area contributed by atoms with Crippen molar-refractivity contribution in [1.82, 2.24) is 3.26 Å². The molecule has 1 amide bonds. The Labute approximate surface area is 49.3 Å². The molecule has 1 N–H and O–H groups in total. The maximum absolute atomic E-state index is 9.50. The molecule has 0 saturated heterocycles. The summed E-state index contributed by atoms with van der Waals surface area (Å²) in [5.74, 6) is 0. The van der Waals surface area contributed by atoms with E-state index in [9.17, 15) is 4.79 Å². The summed E-state index contributed by atoms with van der Waals surface area (Å²) in [6.45, 7) is 2.09. The van der Waals surface area contributed by atoms with E-state index < -0.39 is 23.5 Å². The van der Waals surface area contributed by atoms with Crippen LogP contribution in [0.3, 0.4) is 0 Å². The van der Waals surface area contributed by atoms with Crippen molar-refractivity contribution in [2.24, 2.45) is 0 Å². The summed E-state index contributed by atoms with van der Waals surface area (Å²) in [5, 5.41) is 0. The standard InChI is InChI=1S/C2H5.CH3NO.Zr/c1-2;2-1-3;/h1H2,2H3;1H,(H2,2,3);/q;;+1/p-1. The SMILES string of the molecule is C[CH2][Zr][NH]C=O. The number of amides is 1. The van der Waals surface area contributed by atoms with E-state index in [0.29, 0.717) is 0 Å². The van der Waals surface area contributed by atoms with E-state index in [2.05, 4.69) is 10.2 Å². The first-order valence-corrected chi connectivity index (χ1v) is 4.80. The zero-order valence-corrected chi connectivity index (χ0v) is 6.15. The molecule has 0 aliphatic rings. The van der Waals surface area contributed by atoms with Gasteiger partial charge in [0, 0.05) is 0 Å². The summed E-state index contributed by atoms with van der Waals surface area (Å²) in [7, 11) is 0. The molecule has 0 rings (SSSR count). The second-order valence-corrected chi connectivity index (χ2v) is 4.11. The summed E-state index contributed by atoms with van der Waals surface area (Å²) in [4.78, 5) is 9.50. The number of rotatable bonds is 3. The Morgan fingerprint density at radius 1 is 2.00 bits per heavy atom. The van der Waals surface area contributed by atoms with E-state index in [-0.39, 0.29) is 0 Å². The van der Waals surface area contributed by atoms with Gasteiger partial charge in [-0.15, -0.1) is 0 Å². The van der Waals surface area contributed by atoms with Crippen molar-refractivity contribution >= 4 is 6.41 Å². The van der Waals surface area contributed by atoms with Crippen molar-refractivity contribution in [1.29, 1.82) is 0 Å². The topological polar surface area (TPSA) is 29.1 Å². The zero-order chi connectivity index (χ0) is 4.83. The molecule has 6 heavy (non-hydrogen) atoms. The number of carbonyl (C=O) groups is 1. The van der Waals surface area contributed by atoms with Gasteiger partial charge in [0.25, 0.3) is 0 Å². The zero-order valence-electron chi connectivity index (χ0n) is 3.69. The normalized spacial score (nSPS) is 6.83. The van der Waals surface area contributed by atoms with Gasteiger partial charge in [0.05, 0.1) is 0 Å². The van der Waals surface area contributed by atoms with Crippen LogP contribution in [-0.4, -0.2) is 6.41 Å². The summed E-state index contributed by atoms with van der Waals surface area (Å²) in [6.07, 6.45) is 0.787. The summed E-state index contributed by atoms with van der Waals surface area (Å²) in [6, 6.07) is 0. The van der Waals surface area contributed by atoms with Crippen LogP contribution in [-0.2, 0) is 28.3 Å².